The number of nitrogens with one attached hydrogen (secondary N) is 1. The van der Waals surface area contributed by atoms with Gasteiger partial charge in [-0.3, -0.25) is 0 Å². The van der Waals surface area contributed by atoms with Crippen molar-refractivity contribution >= 4 is 0 Å². The van der Waals surface area contributed by atoms with E-state index in [1.807, 2.05) is 0 Å². The van der Waals surface area contributed by atoms with Crippen molar-refractivity contribution < 1.29 is 4.74 Å². The van der Waals surface area contributed by atoms with Gasteiger partial charge in [-0.1, -0.05) is 31.5 Å². The normalized spacial score (nSPS) is 29.4. The largest absolute Gasteiger partial charge is 0.490 e. The molecular formula is C19H29NO. The predicted molar refractivity (Wildman–Crippen MR) is 87.6 cm³/mol. The molecule has 2 heteroatoms. The second-order valence-corrected chi connectivity index (χ2v) is 7.42. The first-order valence-corrected chi connectivity index (χ1v) is 8.59. The van der Waals surface area contributed by atoms with Crippen LogP contribution in [0.3, 0.4) is 0 Å². The Morgan fingerprint density at radius 1 is 1.10 bits per heavy atom. The maximum absolute atomic E-state index is 6.39. The zero-order valence-electron chi connectivity index (χ0n) is 13.7. The fourth-order valence-electron chi connectivity index (χ4n) is 3.65. The minimum absolute atomic E-state index is 0.395. The van der Waals surface area contributed by atoms with Gasteiger partial charge in [-0.2, -0.15) is 0 Å². The van der Waals surface area contributed by atoms with Gasteiger partial charge in [-0.05, 0) is 56.9 Å². The molecule has 2 atom stereocenters. The Kier molecular flexibility index (Phi) is 4.54. The van der Waals surface area contributed by atoms with Crippen molar-refractivity contribution in [2.24, 2.45) is 11.8 Å². The molecule has 21 heavy (non-hydrogen) atoms. The summed E-state index contributed by atoms with van der Waals surface area (Å²) in [6.45, 7) is 7.82. The van der Waals surface area contributed by atoms with Gasteiger partial charge in [0.25, 0.3) is 0 Å². The molecule has 0 heterocycles. The zero-order chi connectivity index (χ0) is 14.8. The van der Waals surface area contributed by atoms with E-state index in [0.717, 1.165) is 30.2 Å². The van der Waals surface area contributed by atoms with Crippen LogP contribution in [0, 0.1) is 18.8 Å². The molecule has 2 aliphatic rings. The van der Waals surface area contributed by atoms with E-state index >= 15 is 0 Å². The second kappa shape index (κ2) is 6.39. The third-order valence-corrected chi connectivity index (χ3v) is 4.80. The first-order chi connectivity index (χ1) is 10.1. The maximum Gasteiger partial charge on any atom is 0.124 e. The molecule has 2 nitrogen and oxygen atoms in total. The molecular weight excluding hydrogens is 258 g/mol. The van der Waals surface area contributed by atoms with Crippen LogP contribution in [-0.2, 0) is 6.54 Å². The lowest BCUT2D eigenvalue weighted by Gasteiger charge is -2.32. The average molecular weight is 287 g/mol. The third-order valence-electron chi connectivity index (χ3n) is 4.80. The van der Waals surface area contributed by atoms with Crippen molar-refractivity contribution in [3.63, 3.8) is 0 Å². The van der Waals surface area contributed by atoms with E-state index in [4.69, 9.17) is 4.74 Å². The Hall–Kier alpha value is -1.02. The lowest BCUT2D eigenvalue weighted by atomic mass is 9.82. The topological polar surface area (TPSA) is 21.3 Å². The number of rotatable bonds is 5. The van der Waals surface area contributed by atoms with E-state index in [9.17, 15) is 0 Å². The Bertz CT molecular complexity index is 470. The van der Waals surface area contributed by atoms with Crippen LogP contribution < -0.4 is 10.1 Å². The molecule has 116 valence electrons. The maximum atomic E-state index is 6.39. The fraction of sp³-hybridized carbons (Fsp3) is 0.684. The summed E-state index contributed by atoms with van der Waals surface area (Å²) in [5.74, 6) is 2.68. The van der Waals surface area contributed by atoms with Crippen LogP contribution in [0.2, 0.25) is 0 Å². The van der Waals surface area contributed by atoms with Gasteiger partial charge < -0.3 is 10.1 Å². The summed E-state index contributed by atoms with van der Waals surface area (Å²) >= 11 is 0. The van der Waals surface area contributed by atoms with Crippen LogP contribution in [-0.4, -0.2) is 12.1 Å². The minimum Gasteiger partial charge on any atom is -0.490 e. The third kappa shape index (κ3) is 4.23. The van der Waals surface area contributed by atoms with Gasteiger partial charge in [0, 0.05) is 18.2 Å². The summed E-state index contributed by atoms with van der Waals surface area (Å²) in [6.07, 6.45) is 6.82. The number of hydrogen-bond acceptors (Lipinski definition) is 2. The Morgan fingerprint density at radius 2 is 1.81 bits per heavy atom. The predicted octanol–water partition coefficient (Wildman–Crippen LogP) is 4.45. The molecule has 2 fully saturated rings. The number of benzene rings is 1. The molecule has 0 saturated heterocycles. The van der Waals surface area contributed by atoms with Crippen molar-refractivity contribution in [2.75, 3.05) is 0 Å². The quantitative estimate of drug-likeness (QED) is 0.864. The summed E-state index contributed by atoms with van der Waals surface area (Å²) in [6, 6.07) is 7.36. The fourth-order valence-corrected chi connectivity index (χ4v) is 3.65. The molecule has 0 spiro atoms. The highest BCUT2D eigenvalue weighted by molar-refractivity contribution is 5.37. The highest BCUT2D eigenvalue weighted by atomic mass is 16.5. The zero-order valence-corrected chi connectivity index (χ0v) is 13.7. The Balaban J connectivity index is 1.67. The molecule has 0 bridgehead atoms. The van der Waals surface area contributed by atoms with E-state index < -0.39 is 0 Å². The van der Waals surface area contributed by atoms with Gasteiger partial charge in [0.1, 0.15) is 5.75 Å². The van der Waals surface area contributed by atoms with Gasteiger partial charge in [-0.15, -0.1) is 0 Å². The van der Waals surface area contributed by atoms with Gasteiger partial charge in [0.15, 0.2) is 0 Å². The molecule has 2 unspecified atom stereocenters. The molecule has 1 aromatic carbocycles. The summed E-state index contributed by atoms with van der Waals surface area (Å²) in [5, 5.41) is 3.62. The van der Waals surface area contributed by atoms with Crippen LogP contribution in [0.15, 0.2) is 18.2 Å². The first kappa shape index (κ1) is 14.9. The summed E-state index contributed by atoms with van der Waals surface area (Å²) in [5.41, 5.74) is 2.65. The molecule has 0 amide bonds. The number of hydrogen-bond donors (Lipinski definition) is 1. The van der Waals surface area contributed by atoms with Crippen molar-refractivity contribution in [1.29, 1.82) is 0 Å². The van der Waals surface area contributed by atoms with Crippen LogP contribution in [0.4, 0.5) is 0 Å². The monoisotopic (exact) mass is 287 g/mol. The first-order valence-electron chi connectivity index (χ1n) is 8.59. The van der Waals surface area contributed by atoms with Crippen LogP contribution >= 0.6 is 0 Å². The van der Waals surface area contributed by atoms with E-state index in [2.05, 4.69) is 44.3 Å². The Labute approximate surface area is 129 Å². The standard InChI is InChI=1S/C19H29NO/c1-13-4-7-19(16(9-13)12-20-17-5-6-17)21-18-10-14(2)8-15(3)11-18/h4,7,9,14-15,17-18,20H,5-6,8,10-12H2,1-3H3. The summed E-state index contributed by atoms with van der Waals surface area (Å²) in [4.78, 5) is 0. The van der Waals surface area contributed by atoms with Crippen LogP contribution in [0.25, 0.3) is 0 Å². The lowest BCUT2D eigenvalue weighted by Crippen LogP contribution is -2.29. The van der Waals surface area contributed by atoms with E-state index in [1.165, 1.54) is 43.2 Å². The van der Waals surface area contributed by atoms with Crippen LogP contribution in [0.1, 0.15) is 57.1 Å². The van der Waals surface area contributed by atoms with Gasteiger partial charge >= 0.3 is 0 Å². The van der Waals surface area contributed by atoms with Crippen LogP contribution in [0.5, 0.6) is 5.75 Å². The Morgan fingerprint density at radius 3 is 2.48 bits per heavy atom. The van der Waals surface area contributed by atoms with Crippen molar-refractivity contribution in [2.45, 2.75) is 71.6 Å². The second-order valence-electron chi connectivity index (χ2n) is 7.42. The van der Waals surface area contributed by atoms with E-state index in [-0.39, 0.29) is 0 Å². The highest BCUT2D eigenvalue weighted by Crippen LogP contribution is 2.33. The van der Waals surface area contributed by atoms with E-state index in [0.29, 0.717) is 6.10 Å². The van der Waals surface area contributed by atoms with Crippen molar-refractivity contribution in [3.05, 3.63) is 29.3 Å². The van der Waals surface area contributed by atoms with Gasteiger partial charge in [0.05, 0.1) is 6.10 Å². The summed E-state index contributed by atoms with van der Waals surface area (Å²) in [7, 11) is 0. The smallest absolute Gasteiger partial charge is 0.124 e. The number of ether oxygens (including phenoxy) is 1. The minimum atomic E-state index is 0.395. The van der Waals surface area contributed by atoms with Gasteiger partial charge in [-0.25, -0.2) is 0 Å². The summed E-state index contributed by atoms with van der Waals surface area (Å²) < 4.78 is 6.39. The number of aryl methyl sites for hydroxylation is 1. The molecule has 3 rings (SSSR count). The molecule has 2 saturated carbocycles. The molecule has 1 N–H and O–H groups in total. The highest BCUT2D eigenvalue weighted by Gasteiger charge is 2.26. The average Bonchev–Trinajstić information content (AvgIpc) is 3.22. The van der Waals surface area contributed by atoms with E-state index in [1.54, 1.807) is 0 Å². The van der Waals surface area contributed by atoms with Gasteiger partial charge in [0.2, 0.25) is 0 Å². The molecule has 0 aliphatic heterocycles. The molecule has 1 aromatic rings. The SMILES string of the molecule is Cc1ccc(OC2CC(C)CC(C)C2)c(CNC2CC2)c1. The van der Waals surface area contributed by atoms with Crippen molar-refractivity contribution in [1.82, 2.24) is 5.32 Å². The van der Waals surface area contributed by atoms with Crippen molar-refractivity contribution in [3.8, 4) is 5.75 Å². The molecule has 0 aromatic heterocycles. The molecule has 0 radical (unpaired) electrons. The molecule has 2 aliphatic carbocycles. The lowest BCUT2D eigenvalue weighted by molar-refractivity contribution is 0.0999.